The van der Waals surface area contributed by atoms with Gasteiger partial charge in [-0.1, -0.05) is 43.4 Å². The zero-order valence-electron chi connectivity index (χ0n) is 11.1. The van der Waals surface area contributed by atoms with Crippen LogP contribution in [0.1, 0.15) is 24.2 Å². The highest BCUT2D eigenvalue weighted by Gasteiger charge is 2.19. The molecule has 1 saturated heterocycles. The van der Waals surface area contributed by atoms with Crippen molar-refractivity contribution < 1.29 is 5.11 Å². The van der Waals surface area contributed by atoms with Crippen LogP contribution in [-0.4, -0.2) is 45.6 Å². The van der Waals surface area contributed by atoms with Crippen LogP contribution in [0.2, 0.25) is 0 Å². The summed E-state index contributed by atoms with van der Waals surface area (Å²) in [7, 11) is 0. The minimum Gasteiger partial charge on any atom is -0.389 e. The minimum atomic E-state index is -0.448. The van der Waals surface area contributed by atoms with Gasteiger partial charge in [0.1, 0.15) is 4.99 Å². The van der Waals surface area contributed by atoms with Gasteiger partial charge in [0, 0.05) is 36.2 Å². The first-order valence-corrected chi connectivity index (χ1v) is 7.93. The van der Waals surface area contributed by atoms with Gasteiger partial charge in [0.2, 0.25) is 0 Å². The maximum atomic E-state index is 10.3. The molecule has 0 saturated carbocycles. The fourth-order valence-electron chi connectivity index (χ4n) is 2.28. The van der Waals surface area contributed by atoms with Crippen LogP contribution in [0.25, 0.3) is 0 Å². The summed E-state index contributed by atoms with van der Waals surface area (Å²) in [6.07, 6.45) is -0.448. The number of thioether (sulfide) groups is 1. The van der Waals surface area contributed by atoms with Crippen molar-refractivity contribution in [3.8, 4) is 0 Å². The molecule has 0 aromatic heterocycles. The van der Waals surface area contributed by atoms with E-state index in [9.17, 15) is 5.11 Å². The van der Waals surface area contributed by atoms with E-state index >= 15 is 0 Å². The van der Waals surface area contributed by atoms with Crippen LogP contribution in [-0.2, 0) is 0 Å². The lowest BCUT2D eigenvalue weighted by Crippen LogP contribution is -2.39. The first-order valence-electron chi connectivity index (χ1n) is 6.48. The lowest BCUT2D eigenvalue weighted by Gasteiger charge is -2.32. The number of nitrogens with two attached hydrogens (primary N) is 1. The molecule has 0 aliphatic carbocycles. The molecule has 0 radical (unpaired) electrons. The first kappa shape index (κ1) is 14.8. The standard InChI is InChI=1S/C14H20N2OS2/c1-10-8-16(6-7-19-10)9-13(17)11-2-4-12(5-3-11)14(15)18/h2-5,10,13,17H,6-9H2,1H3,(H2,15,18). The van der Waals surface area contributed by atoms with Gasteiger partial charge in [-0.2, -0.15) is 11.8 Å². The van der Waals surface area contributed by atoms with Gasteiger partial charge < -0.3 is 10.8 Å². The molecule has 0 bridgehead atoms. The van der Waals surface area contributed by atoms with E-state index in [0.717, 1.165) is 30.0 Å². The number of aliphatic hydroxyl groups is 1. The predicted molar refractivity (Wildman–Crippen MR) is 85.6 cm³/mol. The highest BCUT2D eigenvalue weighted by Crippen LogP contribution is 2.21. The van der Waals surface area contributed by atoms with Crippen LogP contribution < -0.4 is 5.73 Å². The summed E-state index contributed by atoms with van der Waals surface area (Å²) in [5.41, 5.74) is 7.33. The topological polar surface area (TPSA) is 49.5 Å². The summed E-state index contributed by atoms with van der Waals surface area (Å²) < 4.78 is 0. The highest BCUT2D eigenvalue weighted by molar-refractivity contribution is 7.99. The van der Waals surface area contributed by atoms with Gasteiger partial charge >= 0.3 is 0 Å². The number of rotatable bonds is 4. The quantitative estimate of drug-likeness (QED) is 0.830. The van der Waals surface area contributed by atoms with Gasteiger partial charge in [0.05, 0.1) is 6.10 Å². The van der Waals surface area contributed by atoms with Crippen LogP contribution >= 0.6 is 24.0 Å². The zero-order valence-corrected chi connectivity index (χ0v) is 12.7. The SMILES string of the molecule is CC1CN(CC(O)c2ccc(C(N)=S)cc2)CCS1. The molecule has 1 heterocycles. The molecule has 5 heteroatoms. The fraction of sp³-hybridized carbons (Fsp3) is 0.500. The van der Waals surface area contributed by atoms with Crippen molar-refractivity contribution >= 4 is 29.0 Å². The van der Waals surface area contributed by atoms with Gasteiger partial charge in [-0.05, 0) is 5.56 Å². The maximum Gasteiger partial charge on any atom is 0.103 e. The van der Waals surface area contributed by atoms with Crippen LogP contribution in [0.4, 0.5) is 0 Å². The van der Waals surface area contributed by atoms with Crippen molar-refractivity contribution in [2.45, 2.75) is 18.3 Å². The molecule has 2 atom stereocenters. The molecule has 2 unspecified atom stereocenters. The number of hydrogen-bond donors (Lipinski definition) is 2. The Kier molecular flexibility index (Phi) is 5.21. The zero-order chi connectivity index (χ0) is 13.8. The second kappa shape index (κ2) is 6.70. The third kappa shape index (κ3) is 4.18. The monoisotopic (exact) mass is 296 g/mol. The maximum absolute atomic E-state index is 10.3. The Hall–Kier alpha value is -0.620. The Morgan fingerprint density at radius 1 is 1.53 bits per heavy atom. The number of thiocarbonyl (C=S) groups is 1. The van der Waals surface area contributed by atoms with Crippen molar-refractivity contribution in [2.75, 3.05) is 25.4 Å². The first-order chi connectivity index (χ1) is 9.06. The molecule has 2 rings (SSSR count). The van der Waals surface area contributed by atoms with E-state index in [1.165, 1.54) is 0 Å². The molecule has 1 aliphatic rings. The summed E-state index contributed by atoms with van der Waals surface area (Å²) in [6.45, 7) is 5.03. The molecular weight excluding hydrogens is 276 g/mol. The predicted octanol–water partition coefficient (Wildman–Crippen LogP) is 1.79. The lowest BCUT2D eigenvalue weighted by molar-refractivity contribution is 0.115. The van der Waals surface area contributed by atoms with E-state index < -0.39 is 6.10 Å². The largest absolute Gasteiger partial charge is 0.389 e. The summed E-state index contributed by atoms with van der Waals surface area (Å²) >= 11 is 6.92. The highest BCUT2D eigenvalue weighted by atomic mass is 32.2. The average molecular weight is 296 g/mol. The van der Waals surface area contributed by atoms with E-state index in [0.29, 0.717) is 16.8 Å². The van der Waals surface area contributed by atoms with Gasteiger partial charge in [-0.25, -0.2) is 0 Å². The van der Waals surface area contributed by atoms with E-state index in [2.05, 4.69) is 11.8 Å². The Bertz CT molecular complexity index is 436. The van der Waals surface area contributed by atoms with Crippen molar-refractivity contribution in [2.24, 2.45) is 5.73 Å². The molecule has 1 aliphatic heterocycles. The number of aliphatic hydroxyl groups excluding tert-OH is 1. The molecule has 1 aromatic carbocycles. The van der Waals surface area contributed by atoms with Gasteiger partial charge in [0.15, 0.2) is 0 Å². The van der Waals surface area contributed by atoms with E-state index in [-0.39, 0.29) is 0 Å². The van der Waals surface area contributed by atoms with E-state index in [1.54, 1.807) is 0 Å². The third-order valence-corrected chi connectivity index (χ3v) is 4.71. The van der Waals surface area contributed by atoms with Gasteiger partial charge in [-0.15, -0.1) is 0 Å². The number of benzene rings is 1. The second-order valence-corrected chi connectivity index (χ2v) is 6.93. The summed E-state index contributed by atoms with van der Waals surface area (Å²) in [6, 6.07) is 7.55. The minimum absolute atomic E-state index is 0.392. The summed E-state index contributed by atoms with van der Waals surface area (Å²) in [4.78, 5) is 2.72. The molecular formula is C14H20N2OS2. The molecule has 3 N–H and O–H groups in total. The number of β-amino-alcohol motifs (C(OH)–C–C–N with tert-alkyl or cyclic N) is 1. The molecule has 1 fully saturated rings. The van der Waals surface area contributed by atoms with Crippen molar-refractivity contribution in [1.29, 1.82) is 0 Å². The Morgan fingerprint density at radius 3 is 2.79 bits per heavy atom. The van der Waals surface area contributed by atoms with Crippen LogP contribution in [0.5, 0.6) is 0 Å². The van der Waals surface area contributed by atoms with Crippen LogP contribution in [0.15, 0.2) is 24.3 Å². The lowest BCUT2D eigenvalue weighted by atomic mass is 10.1. The van der Waals surface area contributed by atoms with Crippen molar-refractivity contribution in [3.05, 3.63) is 35.4 Å². The normalized spacial score (nSPS) is 22.1. The van der Waals surface area contributed by atoms with Crippen molar-refractivity contribution in [3.63, 3.8) is 0 Å². The second-order valence-electron chi connectivity index (χ2n) is 4.94. The molecule has 104 valence electrons. The van der Waals surface area contributed by atoms with Crippen LogP contribution in [0.3, 0.4) is 0 Å². The van der Waals surface area contributed by atoms with E-state index in [4.69, 9.17) is 18.0 Å². The smallest absolute Gasteiger partial charge is 0.103 e. The molecule has 3 nitrogen and oxygen atoms in total. The third-order valence-electron chi connectivity index (χ3n) is 3.34. The summed E-state index contributed by atoms with van der Waals surface area (Å²) in [5.74, 6) is 1.15. The molecule has 0 spiro atoms. The number of hydrogen-bond acceptors (Lipinski definition) is 4. The van der Waals surface area contributed by atoms with Gasteiger partial charge in [0.25, 0.3) is 0 Å². The average Bonchev–Trinajstić information content (AvgIpc) is 2.39. The summed E-state index contributed by atoms with van der Waals surface area (Å²) in [5, 5.41) is 10.9. The Labute approximate surface area is 124 Å². The fourth-order valence-corrected chi connectivity index (χ4v) is 3.49. The Balaban J connectivity index is 1.95. The number of nitrogens with zero attached hydrogens (tertiary/aromatic N) is 1. The van der Waals surface area contributed by atoms with E-state index in [1.807, 2.05) is 36.0 Å². The molecule has 19 heavy (non-hydrogen) atoms. The van der Waals surface area contributed by atoms with Gasteiger partial charge in [-0.3, -0.25) is 4.90 Å². The Morgan fingerprint density at radius 2 is 2.21 bits per heavy atom. The molecule has 1 aromatic rings. The van der Waals surface area contributed by atoms with Crippen molar-refractivity contribution in [1.82, 2.24) is 4.90 Å². The molecule has 0 amide bonds. The van der Waals surface area contributed by atoms with Crippen LogP contribution in [0, 0.1) is 0 Å².